The highest BCUT2D eigenvalue weighted by molar-refractivity contribution is 7.91. The van der Waals surface area contributed by atoms with Gasteiger partial charge < -0.3 is 9.64 Å². The number of alkyl halides is 3. The molecule has 1 aromatic heterocycles. The summed E-state index contributed by atoms with van der Waals surface area (Å²) < 4.78 is 68.3. The van der Waals surface area contributed by atoms with E-state index in [0.717, 1.165) is 0 Å². The molecule has 1 aromatic rings. The van der Waals surface area contributed by atoms with Crippen molar-refractivity contribution >= 4 is 34.2 Å². The molecule has 0 saturated carbocycles. The Labute approximate surface area is 190 Å². The molecule has 0 aromatic carbocycles. The van der Waals surface area contributed by atoms with Crippen LogP contribution in [0.3, 0.4) is 0 Å². The zero-order valence-electron chi connectivity index (χ0n) is 17.2. The minimum atomic E-state index is -4.23. The summed E-state index contributed by atoms with van der Waals surface area (Å²) in [6.07, 6.45) is -4.01. The summed E-state index contributed by atoms with van der Waals surface area (Å²) in [5.41, 5.74) is 1.96. The minimum Gasteiger partial charge on any atom is -0.381 e. The van der Waals surface area contributed by atoms with Crippen molar-refractivity contribution in [2.75, 3.05) is 44.3 Å². The number of carbonyl (C=O) groups is 1. The van der Waals surface area contributed by atoms with Gasteiger partial charge >= 0.3 is 6.18 Å². The number of aryl methyl sites for hydroxylation is 1. The molecule has 0 spiro atoms. The summed E-state index contributed by atoms with van der Waals surface area (Å²) in [5, 5.41) is 9.11. The minimum absolute atomic E-state index is 0. The van der Waals surface area contributed by atoms with E-state index in [1.807, 2.05) is 4.90 Å². The highest BCUT2D eigenvalue weighted by atomic mass is 35.5. The molecule has 2 aliphatic rings. The number of piperazine rings is 1. The number of amides is 1. The number of hydroxylamine groups is 1. The molecule has 9 nitrogen and oxygen atoms in total. The average molecular weight is 503 g/mol. The third kappa shape index (κ3) is 5.63. The lowest BCUT2D eigenvalue weighted by Gasteiger charge is -2.41. The molecule has 2 N–H and O–H groups in total. The van der Waals surface area contributed by atoms with E-state index < -0.39 is 33.3 Å². The van der Waals surface area contributed by atoms with Crippen molar-refractivity contribution in [3.63, 3.8) is 0 Å². The van der Waals surface area contributed by atoms with Crippen molar-refractivity contribution in [1.29, 1.82) is 0 Å². The molecule has 1 amide bonds. The first-order valence-electron chi connectivity index (χ1n) is 9.88. The van der Waals surface area contributed by atoms with Gasteiger partial charge in [-0.1, -0.05) is 6.07 Å². The van der Waals surface area contributed by atoms with Crippen LogP contribution in [0.5, 0.6) is 0 Å². The van der Waals surface area contributed by atoms with Gasteiger partial charge in [0.2, 0.25) is 10.0 Å². The molecule has 2 fully saturated rings. The first-order valence-corrected chi connectivity index (χ1v) is 11.3. The fourth-order valence-corrected chi connectivity index (χ4v) is 5.95. The molecule has 0 atom stereocenters. The number of carbonyl (C=O) groups excluding carboxylic acids is 1. The second kappa shape index (κ2) is 10.5. The monoisotopic (exact) mass is 502 g/mol. The van der Waals surface area contributed by atoms with Crippen LogP contribution in [-0.2, 0) is 26.0 Å². The van der Waals surface area contributed by atoms with E-state index >= 15 is 0 Å². The normalized spacial score (nSPS) is 19.8. The Morgan fingerprint density at radius 2 is 1.81 bits per heavy atom. The summed E-state index contributed by atoms with van der Waals surface area (Å²) in [4.78, 5) is 18.3. The Bertz CT molecular complexity index is 872. The zero-order valence-corrected chi connectivity index (χ0v) is 18.8. The van der Waals surface area contributed by atoms with Crippen LogP contribution in [0.1, 0.15) is 24.8 Å². The number of halogens is 4. The van der Waals surface area contributed by atoms with Crippen LogP contribution in [0.15, 0.2) is 18.3 Å². The first-order chi connectivity index (χ1) is 14.6. The SMILES string of the molecule is Cl.O=C(NO)C1(S(=O)(=O)N2CCN(c3ccc(CCC(F)(F)F)cn3)CC2)CCOCC1. The van der Waals surface area contributed by atoms with Gasteiger partial charge in [0.1, 0.15) is 5.82 Å². The van der Waals surface area contributed by atoms with Gasteiger partial charge in [-0.3, -0.25) is 10.0 Å². The lowest BCUT2D eigenvalue weighted by molar-refractivity contribution is -0.135. The van der Waals surface area contributed by atoms with E-state index in [1.165, 1.54) is 16.0 Å². The Kier molecular flexibility index (Phi) is 8.73. The van der Waals surface area contributed by atoms with Crippen LogP contribution in [0.4, 0.5) is 19.0 Å². The molecule has 14 heteroatoms. The molecule has 182 valence electrons. The van der Waals surface area contributed by atoms with Gasteiger partial charge in [-0.05, 0) is 18.1 Å². The molecular formula is C18H26ClF3N4O5S. The number of aromatic nitrogens is 1. The number of ether oxygens (including phenoxy) is 1. The fourth-order valence-electron chi connectivity index (χ4n) is 3.85. The topological polar surface area (TPSA) is 112 Å². The molecule has 2 aliphatic heterocycles. The van der Waals surface area contributed by atoms with Crippen LogP contribution in [0.25, 0.3) is 0 Å². The first kappa shape index (κ1) is 26.6. The van der Waals surface area contributed by atoms with Crippen molar-refractivity contribution in [1.82, 2.24) is 14.8 Å². The van der Waals surface area contributed by atoms with Crippen molar-refractivity contribution in [3.8, 4) is 0 Å². The molecule has 3 rings (SSSR count). The summed E-state index contributed by atoms with van der Waals surface area (Å²) in [6, 6.07) is 3.20. The zero-order chi connectivity index (χ0) is 22.7. The number of nitrogens with zero attached hydrogens (tertiary/aromatic N) is 3. The maximum absolute atomic E-state index is 13.3. The third-order valence-corrected chi connectivity index (χ3v) is 8.34. The summed E-state index contributed by atoms with van der Waals surface area (Å²) in [5.74, 6) is -0.420. The van der Waals surface area contributed by atoms with Crippen LogP contribution in [-0.4, -0.2) is 79.1 Å². The van der Waals surface area contributed by atoms with Crippen LogP contribution >= 0.6 is 12.4 Å². The van der Waals surface area contributed by atoms with E-state index in [-0.39, 0.29) is 58.0 Å². The molecule has 0 bridgehead atoms. The standard InChI is InChI=1S/C18H25F3N4O5S.ClH/c19-18(20,21)4-3-14-1-2-15(22-13-14)24-7-9-25(10-8-24)31(28,29)17(16(26)23-27)5-11-30-12-6-17;/h1-2,13,27H,3-12H2,(H,23,26);1H. The highest BCUT2D eigenvalue weighted by Crippen LogP contribution is 2.33. The van der Waals surface area contributed by atoms with Crippen molar-refractivity contribution in [2.24, 2.45) is 0 Å². The lowest BCUT2D eigenvalue weighted by atomic mass is 9.98. The van der Waals surface area contributed by atoms with Crippen molar-refractivity contribution in [3.05, 3.63) is 23.9 Å². The fraction of sp³-hybridized carbons (Fsp3) is 0.667. The van der Waals surface area contributed by atoms with E-state index in [9.17, 15) is 26.4 Å². The number of hydrogen-bond donors (Lipinski definition) is 2. The number of nitrogens with one attached hydrogen (secondary N) is 1. The number of rotatable bonds is 6. The largest absolute Gasteiger partial charge is 0.389 e. The third-order valence-electron chi connectivity index (χ3n) is 5.72. The summed E-state index contributed by atoms with van der Waals surface area (Å²) in [6.45, 7) is 1.03. The molecule has 0 unspecified atom stereocenters. The molecule has 32 heavy (non-hydrogen) atoms. The second-order valence-electron chi connectivity index (χ2n) is 7.58. The molecule has 2 saturated heterocycles. The van der Waals surface area contributed by atoms with E-state index in [1.54, 1.807) is 12.1 Å². The van der Waals surface area contributed by atoms with Gasteiger partial charge in [-0.2, -0.15) is 17.5 Å². The highest BCUT2D eigenvalue weighted by Gasteiger charge is 2.54. The van der Waals surface area contributed by atoms with Gasteiger partial charge in [0.05, 0.1) is 0 Å². The smallest absolute Gasteiger partial charge is 0.381 e. The Morgan fingerprint density at radius 1 is 1.19 bits per heavy atom. The summed E-state index contributed by atoms with van der Waals surface area (Å²) in [7, 11) is -4.06. The second-order valence-corrected chi connectivity index (χ2v) is 9.83. The molecular weight excluding hydrogens is 477 g/mol. The van der Waals surface area contributed by atoms with Gasteiger partial charge in [-0.25, -0.2) is 18.9 Å². The van der Waals surface area contributed by atoms with Crippen LogP contribution in [0, 0.1) is 0 Å². The molecule has 0 aliphatic carbocycles. The molecule has 0 radical (unpaired) electrons. The molecule has 3 heterocycles. The Morgan fingerprint density at radius 3 is 2.31 bits per heavy atom. The van der Waals surface area contributed by atoms with Crippen molar-refractivity contribution < 1.29 is 36.3 Å². The number of sulfonamides is 1. The van der Waals surface area contributed by atoms with E-state index in [0.29, 0.717) is 24.5 Å². The average Bonchev–Trinajstić information content (AvgIpc) is 2.77. The van der Waals surface area contributed by atoms with Gasteiger partial charge in [0, 0.05) is 64.9 Å². The van der Waals surface area contributed by atoms with E-state index in [4.69, 9.17) is 9.94 Å². The Hall–Kier alpha value is -1.67. The maximum atomic E-state index is 13.3. The van der Waals surface area contributed by atoms with Crippen molar-refractivity contribution in [2.45, 2.75) is 36.6 Å². The summed E-state index contributed by atoms with van der Waals surface area (Å²) >= 11 is 0. The van der Waals surface area contributed by atoms with E-state index in [2.05, 4.69) is 4.98 Å². The predicted molar refractivity (Wildman–Crippen MR) is 111 cm³/mol. The van der Waals surface area contributed by atoms with Crippen LogP contribution in [0.2, 0.25) is 0 Å². The lowest BCUT2D eigenvalue weighted by Crippen LogP contribution is -2.62. The maximum Gasteiger partial charge on any atom is 0.389 e. The van der Waals surface area contributed by atoms with Gasteiger partial charge in [0.15, 0.2) is 4.75 Å². The predicted octanol–water partition coefficient (Wildman–Crippen LogP) is 1.50. The van der Waals surface area contributed by atoms with Gasteiger partial charge in [0.25, 0.3) is 5.91 Å². The number of hydrogen-bond acceptors (Lipinski definition) is 7. The Balaban J connectivity index is 0.00000363. The quantitative estimate of drug-likeness (QED) is 0.448. The van der Waals surface area contributed by atoms with Crippen LogP contribution < -0.4 is 10.4 Å². The van der Waals surface area contributed by atoms with Gasteiger partial charge in [-0.15, -0.1) is 12.4 Å². The number of anilines is 1. The number of pyridine rings is 1.